The van der Waals surface area contributed by atoms with Crippen LogP contribution in [0.1, 0.15) is 22.0 Å². The van der Waals surface area contributed by atoms with E-state index in [4.69, 9.17) is 5.26 Å². The van der Waals surface area contributed by atoms with Crippen molar-refractivity contribution in [2.45, 2.75) is 6.04 Å². The number of nitrogens with zero attached hydrogens (tertiary/aromatic N) is 1. The molecule has 0 aliphatic rings. The van der Waals surface area contributed by atoms with E-state index in [-0.39, 0.29) is 5.91 Å². The lowest BCUT2D eigenvalue weighted by atomic mass is 10.1. The molecule has 0 heterocycles. The van der Waals surface area contributed by atoms with Crippen LogP contribution in [0.4, 0.5) is 0 Å². The zero-order valence-electron chi connectivity index (χ0n) is 10.0. The van der Waals surface area contributed by atoms with Crippen molar-refractivity contribution >= 4 is 21.8 Å². The Bertz CT molecular complexity index is 620. The van der Waals surface area contributed by atoms with E-state index in [1.165, 1.54) is 0 Å². The summed E-state index contributed by atoms with van der Waals surface area (Å²) in [6.07, 6.45) is 0. The van der Waals surface area contributed by atoms with Crippen molar-refractivity contribution in [3.63, 3.8) is 0 Å². The zero-order chi connectivity index (χ0) is 13.7. The van der Waals surface area contributed by atoms with E-state index in [1.807, 2.05) is 36.4 Å². The molecule has 1 amide bonds. The lowest BCUT2D eigenvalue weighted by Gasteiger charge is -2.12. The van der Waals surface area contributed by atoms with Gasteiger partial charge in [0, 0.05) is 10.0 Å². The SMILES string of the molecule is N#CC(NC(=O)c1cccc(Br)c1)c1ccccc1. The fourth-order valence-electron chi connectivity index (χ4n) is 1.68. The lowest BCUT2D eigenvalue weighted by molar-refractivity contribution is 0.0945. The fourth-order valence-corrected chi connectivity index (χ4v) is 2.08. The molecule has 1 atom stereocenters. The van der Waals surface area contributed by atoms with Crippen LogP contribution in [0.25, 0.3) is 0 Å². The third kappa shape index (κ3) is 3.43. The number of benzene rings is 2. The molecule has 2 aromatic carbocycles. The maximum atomic E-state index is 12.1. The number of nitrogens with one attached hydrogen (secondary N) is 1. The van der Waals surface area contributed by atoms with E-state index < -0.39 is 6.04 Å². The Hall–Kier alpha value is -2.12. The molecule has 0 radical (unpaired) electrons. The summed E-state index contributed by atoms with van der Waals surface area (Å²) in [5.74, 6) is -0.267. The van der Waals surface area contributed by atoms with Crippen LogP contribution in [0.2, 0.25) is 0 Å². The highest BCUT2D eigenvalue weighted by molar-refractivity contribution is 9.10. The van der Waals surface area contributed by atoms with Gasteiger partial charge in [-0.1, -0.05) is 52.3 Å². The Balaban J connectivity index is 2.16. The van der Waals surface area contributed by atoms with Crippen molar-refractivity contribution < 1.29 is 4.79 Å². The molecule has 0 saturated carbocycles. The van der Waals surface area contributed by atoms with Crippen molar-refractivity contribution in [2.75, 3.05) is 0 Å². The fraction of sp³-hybridized carbons (Fsp3) is 0.0667. The first-order valence-corrected chi connectivity index (χ1v) is 6.51. The highest BCUT2D eigenvalue weighted by atomic mass is 79.9. The molecule has 94 valence electrons. The minimum absolute atomic E-state index is 0.267. The average Bonchev–Trinajstić information content (AvgIpc) is 2.45. The second-order valence-corrected chi connectivity index (χ2v) is 4.87. The lowest BCUT2D eigenvalue weighted by Crippen LogP contribution is -2.27. The van der Waals surface area contributed by atoms with E-state index in [2.05, 4.69) is 27.3 Å². The van der Waals surface area contributed by atoms with E-state index in [0.29, 0.717) is 5.56 Å². The standard InChI is InChI=1S/C15H11BrN2O/c16-13-8-4-7-12(9-13)15(19)18-14(10-17)11-5-2-1-3-6-11/h1-9,14H,(H,18,19). The van der Waals surface area contributed by atoms with Gasteiger partial charge in [-0.25, -0.2) is 0 Å². The van der Waals surface area contributed by atoms with Crippen molar-refractivity contribution in [3.8, 4) is 6.07 Å². The number of nitriles is 1. The topological polar surface area (TPSA) is 52.9 Å². The summed E-state index contributed by atoms with van der Waals surface area (Å²) in [6.45, 7) is 0. The number of carbonyl (C=O) groups is 1. The van der Waals surface area contributed by atoms with Gasteiger partial charge < -0.3 is 5.32 Å². The normalized spacial score (nSPS) is 11.4. The summed E-state index contributed by atoms with van der Waals surface area (Å²) in [6, 6.07) is 17.7. The molecule has 0 aromatic heterocycles. The number of hydrogen-bond acceptors (Lipinski definition) is 2. The molecule has 0 saturated heterocycles. The van der Waals surface area contributed by atoms with Gasteiger partial charge in [-0.15, -0.1) is 0 Å². The Morgan fingerprint density at radius 3 is 2.53 bits per heavy atom. The molecule has 4 heteroatoms. The molecule has 2 aromatic rings. The average molecular weight is 315 g/mol. The molecule has 0 spiro atoms. The Kier molecular flexibility index (Phi) is 4.32. The molecule has 0 aliphatic heterocycles. The smallest absolute Gasteiger partial charge is 0.252 e. The molecule has 2 rings (SSSR count). The second kappa shape index (κ2) is 6.17. The van der Waals surface area contributed by atoms with Crippen LogP contribution in [0, 0.1) is 11.3 Å². The summed E-state index contributed by atoms with van der Waals surface area (Å²) in [5.41, 5.74) is 1.29. The predicted molar refractivity (Wildman–Crippen MR) is 76.4 cm³/mol. The van der Waals surface area contributed by atoms with Crippen molar-refractivity contribution in [3.05, 3.63) is 70.2 Å². The van der Waals surface area contributed by atoms with Gasteiger partial charge in [0.05, 0.1) is 6.07 Å². The van der Waals surface area contributed by atoms with Crippen LogP contribution < -0.4 is 5.32 Å². The summed E-state index contributed by atoms with van der Waals surface area (Å²) in [4.78, 5) is 12.1. The third-order valence-corrected chi connectivity index (χ3v) is 3.12. The molecular formula is C15H11BrN2O. The first-order chi connectivity index (χ1) is 9.20. The van der Waals surface area contributed by atoms with Crippen LogP contribution in [0.3, 0.4) is 0 Å². The monoisotopic (exact) mass is 314 g/mol. The van der Waals surface area contributed by atoms with E-state index >= 15 is 0 Å². The number of rotatable bonds is 3. The van der Waals surface area contributed by atoms with Gasteiger partial charge in [-0.05, 0) is 23.8 Å². The minimum atomic E-state index is -0.646. The molecule has 1 unspecified atom stereocenters. The Morgan fingerprint density at radius 2 is 1.89 bits per heavy atom. The van der Waals surface area contributed by atoms with Crippen LogP contribution in [-0.4, -0.2) is 5.91 Å². The van der Waals surface area contributed by atoms with Gasteiger partial charge in [-0.2, -0.15) is 5.26 Å². The third-order valence-electron chi connectivity index (χ3n) is 2.62. The van der Waals surface area contributed by atoms with Gasteiger partial charge in [0.15, 0.2) is 0 Å². The first-order valence-electron chi connectivity index (χ1n) is 5.71. The Morgan fingerprint density at radius 1 is 1.16 bits per heavy atom. The molecule has 0 fully saturated rings. The van der Waals surface area contributed by atoms with Crippen LogP contribution in [-0.2, 0) is 0 Å². The molecule has 19 heavy (non-hydrogen) atoms. The number of hydrogen-bond donors (Lipinski definition) is 1. The largest absolute Gasteiger partial charge is 0.333 e. The van der Waals surface area contributed by atoms with Gasteiger partial charge >= 0.3 is 0 Å². The molecular weight excluding hydrogens is 304 g/mol. The minimum Gasteiger partial charge on any atom is -0.333 e. The van der Waals surface area contributed by atoms with E-state index in [1.54, 1.807) is 18.2 Å². The summed E-state index contributed by atoms with van der Waals surface area (Å²) in [7, 11) is 0. The molecule has 0 aliphatic carbocycles. The van der Waals surface area contributed by atoms with Gasteiger partial charge in [0.2, 0.25) is 0 Å². The quantitative estimate of drug-likeness (QED) is 0.943. The maximum Gasteiger partial charge on any atom is 0.252 e. The highest BCUT2D eigenvalue weighted by Crippen LogP contribution is 2.15. The van der Waals surface area contributed by atoms with E-state index in [9.17, 15) is 4.79 Å². The summed E-state index contributed by atoms with van der Waals surface area (Å²) in [5, 5.41) is 11.9. The van der Waals surface area contributed by atoms with Crippen LogP contribution in [0.5, 0.6) is 0 Å². The summed E-state index contributed by atoms with van der Waals surface area (Å²) >= 11 is 3.31. The zero-order valence-corrected chi connectivity index (χ0v) is 11.6. The number of carbonyl (C=O) groups excluding carboxylic acids is 1. The molecule has 1 N–H and O–H groups in total. The highest BCUT2D eigenvalue weighted by Gasteiger charge is 2.14. The number of amides is 1. The second-order valence-electron chi connectivity index (χ2n) is 3.96. The number of halogens is 1. The predicted octanol–water partition coefficient (Wildman–Crippen LogP) is 3.44. The molecule has 0 bridgehead atoms. The van der Waals surface area contributed by atoms with Crippen molar-refractivity contribution in [2.24, 2.45) is 0 Å². The Labute approximate surface area is 120 Å². The van der Waals surface area contributed by atoms with Crippen LogP contribution in [0.15, 0.2) is 59.1 Å². The van der Waals surface area contributed by atoms with Crippen molar-refractivity contribution in [1.82, 2.24) is 5.32 Å². The van der Waals surface area contributed by atoms with Crippen molar-refractivity contribution in [1.29, 1.82) is 5.26 Å². The first kappa shape index (κ1) is 13.3. The summed E-state index contributed by atoms with van der Waals surface area (Å²) < 4.78 is 0.827. The van der Waals surface area contributed by atoms with Gasteiger partial charge in [0.25, 0.3) is 5.91 Å². The van der Waals surface area contributed by atoms with E-state index in [0.717, 1.165) is 10.0 Å². The van der Waals surface area contributed by atoms with Gasteiger partial charge in [-0.3, -0.25) is 4.79 Å². The van der Waals surface area contributed by atoms with Gasteiger partial charge in [0.1, 0.15) is 6.04 Å². The van der Waals surface area contributed by atoms with Crippen LogP contribution >= 0.6 is 15.9 Å². The molecule has 3 nitrogen and oxygen atoms in total. The maximum absolute atomic E-state index is 12.1.